The molecule has 1 aromatic rings. The molecule has 2 heterocycles. The van der Waals surface area contributed by atoms with Crippen molar-refractivity contribution in [2.24, 2.45) is 11.7 Å². The van der Waals surface area contributed by atoms with E-state index in [1.165, 1.54) is 15.4 Å². The molecule has 27 heavy (non-hydrogen) atoms. The van der Waals surface area contributed by atoms with Crippen LogP contribution in [0.2, 0.25) is 0 Å². The summed E-state index contributed by atoms with van der Waals surface area (Å²) < 4.78 is 0. The van der Waals surface area contributed by atoms with E-state index in [4.69, 9.17) is 5.73 Å². The van der Waals surface area contributed by atoms with Crippen LogP contribution in [0.15, 0.2) is 30.3 Å². The van der Waals surface area contributed by atoms with E-state index in [1.54, 1.807) is 7.05 Å². The van der Waals surface area contributed by atoms with Gasteiger partial charge < -0.3 is 15.5 Å². The fraction of sp³-hybridized carbons (Fsp3) is 0.526. The first-order valence-corrected chi connectivity index (χ1v) is 9.09. The van der Waals surface area contributed by atoms with Gasteiger partial charge in [-0.1, -0.05) is 30.3 Å². The van der Waals surface area contributed by atoms with Crippen LogP contribution in [0.5, 0.6) is 0 Å². The van der Waals surface area contributed by atoms with Crippen molar-refractivity contribution >= 4 is 30.3 Å². The van der Waals surface area contributed by atoms with Gasteiger partial charge in [0.25, 0.3) is 0 Å². The average molecular weight is 395 g/mol. The highest BCUT2D eigenvalue weighted by Gasteiger charge is 2.36. The summed E-state index contributed by atoms with van der Waals surface area (Å²) in [5.74, 6) is 0.394. The molecule has 0 spiro atoms. The molecule has 0 radical (unpaired) electrons. The molecule has 3 rings (SSSR count). The fourth-order valence-electron chi connectivity index (χ4n) is 3.83. The summed E-state index contributed by atoms with van der Waals surface area (Å²) >= 11 is 0. The van der Waals surface area contributed by atoms with Crippen LogP contribution in [0.1, 0.15) is 24.3 Å². The van der Waals surface area contributed by atoms with Crippen molar-refractivity contribution in [3.63, 3.8) is 0 Å². The summed E-state index contributed by atoms with van der Waals surface area (Å²) in [7, 11) is 1.60. The van der Waals surface area contributed by atoms with Gasteiger partial charge in [-0.15, -0.1) is 12.4 Å². The smallest absolute Gasteiger partial charge is 0.326 e. The molecule has 2 N–H and O–H groups in total. The van der Waals surface area contributed by atoms with Gasteiger partial charge in [0.05, 0.1) is 0 Å². The molecular formula is C19H27ClN4O3. The maximum atomic E-state index is 12.6. The van der Waals surface area contributed by atoms with Gasteiger partial charge in [0.1, 0.15) is 6.54 Å². The van der Waals surface area contributed by atoms with Gasteiger partial charge in [-0.2, -0.15) is 0 Å². The van der Waals surface area contributed by atoms with E-state index < -0.39 is 0 Å². The summed E-state index contributed by atoms with van der Waals surface area (Å²) in [4.78, 5) is 40.7. The molecule has 0 saturated carbocycles. The molecule has 148 valence electrons. The van der Waals surface area contributed by atoms with Crippen molar-refractivity contribution in [2.75, 3.05) is 39.8 Å². The van der Waals surface area contributed by atoms with Gasteiger partial charge in [-0.3, -0.25) is 14.5 Å². The number of imide groups is 1. The first-order valence-electron chi connectivity index (χ1n) is 9.09. The number of carbonyl (C=O) groups is 3. The number of likely N-dealkylation sites (tertiary alicyclic amines) is 1. The Morgan fingerprint density at radius 1 is 1.19 bits per heavy atom. The molecule has 1 aromatic carbocycles. The predicted octanol–water partition coefficient (Wildman–Crippen LogP) is 1.28. The lowest BCUT2D eigenvalue weighted by atomic mass is 9.89. The molecular weight excluding hydrogens is 368 g/mol. The Bertz CT molecular complexity index is 685. The van der Waals surface area contributed by atoms with Crippen LogP contribution in [0, 0.1) is 5.92 Å². The van der Waals surface area contributed by atoms with Gasteiger partial charge in [0, 0.05) is 39.0 Å². The number of likely N-dealkylation sites (N-methyl/N-ethyl adjacent to an activating group) is 1. The molecule has 2 atom stereocenters. The Hall–Kier alpha value is -2.12. The lowest BCUT2D eigenvalue weighted by molar-refractivity contribution is -0.131. The van der Waals surface area contributed by atoms with Crippen molar-refractivity contribution in [2.45, 2.75) is 18.8 Å². The van der Waals surface area contributed by atoms with E-state index in [2.05, 4.69) is 12.1 Å². The van der Waals surface area contributed by atoms with Crippen LogP contribution in [0.25, 0.3) is 0 Å². The molecule has 2 aliphatic heterocycles. The zero-order valence-corrected chi connectivity index (χ0v) is 16.4. The number of nitrogens with zero attached hydrogens (tertiary/aromatic N) is 3. The molecule has 7 nitrogen and oxygen atoms in total. The molecule has 0 aliphatic carbocycles. The van der Waals surface area contributed by atoms with E-state index in [0.29, 0.717) is 39.0 Å². The molecule has 2 saturated heterocycles. The second-order valence-corrected chi connectivity index (χ2v) is 7.10. The van der Waals surface area contributed by atoms with Crippen molar-refractivity contribution in [3.05, 3.63) is 35.9 Å². The van der Waals surface area contributed by atoms with Crippen LogP contribution in [0.3, 0.4) is 0 Å². The SMILES string of the molecule is CN1CC(=O)N(CCCC(=O)N2C[C@@H](CN)[C@H](c3ccccc3)C2)C1=O.Cl. The number of hydrogen-bond donors (Lipinski definition) is 1. The van der Waals surface area contributed by atoms with Gasteiger partial charge in [-0.05, 0) is 24.4 Å². The number of benzene rings is 1. The second-order valence-electron chi connectivity index (χ2n) is 7.10. The fourth-order valence-corrected chi connectivity index (χ4v) is 3.83. The van der Waals surface area contributed by atoms with Gasteiger partial charge >= 0.3 is 6.03 Å². The third kappa shape index (κ3) is 4.59. The van der Waals surface area contributed by atoms with Crippen LogP contribution in [-0.2, 0) is 9.59 Å². The van der Waals surface area contributed by atoms with Crippen molar-refractivity contribution in [1.82, 2.24) is 14.7 Å². The van der Waals surface area contributed by atoms with Crippen molar-refractivity contribution in [3.8, 4) is 0 Å². The Kier molecular flexibility index (Phi) is 7.21. The van der Waals surface area contributed by atoms with E-state index in [0.717, 1.165) is 0 Å². The largest absolute Gasteiger partial charge is 0.342 e. The molecule has 2 fully saturated rings. The topological polar surface area (TPSA) is 87.0 Å². The normalized spacial score (nSPS) is 22.4. The third-order valence-electron chi connectivity index (χ3n) is 5.33. The summed E-state index contributed by atoms with van der Waals surface area (Å²) in [5, 5.41) is 0. The minimum Gasteiger partial charge on any atom is -0.342 e. The molecule has 2 aliphatic rings. The highest BCUT2D eigenvalue weighted by Crippen LogP contribution is 2.32. The minimum absolute atomic E-state index is 0. The number of carbonyl (C=O) groups excluding carboxylic acids is 3. The average Bonchev–Trinajstić information content (AvgIpc) is 3.18. The molecule has 4 amide bonds. The monoisotopic (exact) mass is 394 g/mol. The predicted molar refractivity (Wildman–Crippen MR) is 105 cm³/mol. The molecule has 0 unspecified atom stereocenters. The van der Waals surface area contributed by atoms with E-state index in [9.17, 15) is 14.4 Å². The summed E-state index contributed by atoms with van der Waals surface area (Å²) in [6.07, 6.45) is 0.823. The lowest BCUT2D eigenvalue weighted by Gasteiger charge is -2.18. The first kappa shape index (κ1) is 21.2. The quantitative estimate of drug-likeness (QED) is 0.736. The van der Waals surface area contributed by atoms with Crippen molar-refractivity contribution < 1.29 is 14.4 Å². The number of urea groups is 1. The van der Waals surface area contributed by atoms with Gasteiger partial charge in [0.2, 0.25) is 11.8 Å². The van der Waals surface area contributed by atoms with Crippen LogP contribution in [0.4, 0.5) is 4.79 Å². The Balaban J connectivity index is 0.00000261. The second kappa shape index (κ2) is 9.19. The third-order valence-corrected chi connectivity index (χ3v) is 5.33. The number of nitrogens with two attached hydrogens (primary N) is 1. The maximum Gasteiger partial charge on any atom is 0.326 e. The van der Waals surface area contributed by atoms with Crippen LogP contribution < -0.4 is 5.73 Å². The molecule has 0 aromatic heterocycles. The number of hydrogen-bond acceptors (Lipinski definition) is 4. The standard InChI is InChI=1S/C19H26N4O3.ClH/c1-21-13-18(25)23(19(21)26)9-5-8-17(24)22-11-15(10-20)16(12-22)14-6-3-2-4-7-14;/h2-4,6-7,15-16H,5,8-13,20H2,1H3;1H/t15-,16+;/m1./s1. The van der Waals surface area contributed by atoms with E-state index in [-0.39, 0.29) is 48.6 Å². The van der Waals surface area contributed by atoms with Crippen molar-refractivity contribution in [1.29, 1.82) is 0 Å². The Labute approximate surface area is 165 Å². The van der Waals surface area contributed by atoms with Crippen LogP contribution in [-0.4, -0.2) is 72.3 Å². The zero-order valence-electron chi connectivity index (χ0n) is 15.5. The Morgan fingerprint density at radius 2 is 1.89 bits per heavy atom. The first-order chi connectivity index (χ1) is 12.5. The van der Waals surface area contributed by atoms with Crippen LogP contribution >= 0.6 is 12.4 Å². The van der Waals surface area contributed by atoms with E-state index in [1.807, 2.05) is 23.1 Å². The lowest BCUT2D eigenvalue weighted by Crippen LogP contribution is -2.34. The molecule has 0 bridgehead atoms. The number of rotatable bonds is 6. The Morgan fingerprint density at radius 3 is 2.48 bits per heavy atom. The summed E-state index contributed by atoms with van der Waals surface area (Å²) in [6.45, 7) is 2.31. The number of halogens is 1. The summed E-state index contributed by atoms with van der Waals surface area (Å²) in [5.41, 5.74) is 7.14. The molecule has 8 heteroatoms. The summed E-state index contributed by atoms with van der Waals surface area (Å²) in [6, 6.07) is 9.89. The van der Waals surface area contributed by atoms with Gasteiger partial charge in [0.15, 0.2) is 0 Å². The van der Waals surface area contributed by atoms with E-state index >= 15 is 0 Å². The highest BCUT2D eigenvalue weighted by atomic mass is 35.5. The minimum atomic E-state index is -0.282. The number of amides is 4. The zero-order chi connectivity index (χ0) is 18.7. The van der Waals surface area contributed by atoms with Gasteiger partial charge in [-0.25, -0.2) is 4.79 Å². The highest BCUT2D eigenvalue weighted by molar-refractivity contribution is 6.01. The maximum absolute atomic E-state index is 12.6.